The molecule has 1 heterocycles. The first-order valence-corrected chi connectivity index (χ1v) is 10.1. The number of aromatic nitrogens is 2. The van der Waals surface area contributed by atoms with Gasteiger partial charge in [-0.2, -0.15) is 13.2 Å². The quantitative estimate of drug-likeness (QED) is 0.482. The molecule has 2 unspecified atom stereocenters. The van der Waals surface area contributed by atoms with Crippen LogP contribution in [0.3, 0.4) is 0 Å². The first-order chi connectivity index (χ1) is 15.6. The van der Waals surface area contributed by atoms with Crippen LogP contribution in [0.25, 0.3) is 0 Å². The van der Waals surface area contributed by atoms with E-state index in [1.54, 1.807) is 60.7 Å². The molecule has 0 saturated heterocycles. The van der Waals surface area contributed by atoms with E-state index in [9.17, 15) is 27.9 Å². The predicted octanol–water partition coefficient (Wildman–Crippen LogP) is 2.85. The molecule has 10 heteroatoms. The van der Waals surface area contributed by atoms with Gasteiger partial charge in [-0.05, 0) is 17.7 Å². The zero-order valence-electron chi connectivity index (χ0n) is 17.7. The summed E-state index contributed by atoms with van der Waals surface area (Å²) < 4.78 is 42.1. The van der Waals surface area contributed by atoms with Gasteiger partial charge in [0.15, 0.2) is 0 Å². The van der Waals surface area contributed by atoms with E-state index in [-0.39, 0.29) is 0 Å². The minimum Gasteiger partial charge on any atom is -0.374 e. The summed E-state index contributed by atoms with van der Waals surface area (Å²) in [7, 11) is 1.34. The molecular formula is C23H23F3N4O3. The maximum absolute atomic E-state index is 13.7. The van der Waals surface area contributed by atoms with E-state index in [4.69, 9.17) is 0 Å². The fourth-order valence-electron chi connectivity index (χ4n) is 3.36. The second kappa shape index (κ2) is 9.86. The van der Waals surface area contributed by atoms with E-state index in [1.165, 1.54) is 13.2 Å². The van der Waals surface area contributed by atoms with Crippen molar-refractivity contribution in [3.05, 3.63) is 90.0 Å². The number of benzene rings is 2. The van der Waals surface area contributed by atoms with Gasteiger partial charge in [-0.15, -0.1) is 0 Å². The topological polar surface area (TPSA) is 96.2 Å². The molecule has 0 saturated carbocycles. The third-order valence-corrected chi connectivity index (χ3v) is 5.15. The summed E-state index contributed by atoms with van der Waals surface area (Å²) in [5.74, 6) is -1.81. The highest BCUT2D eigenvalue weighted by molar-refractivity contribution is 5.97. The van der Waals surface area contributed by atoms with Crippen molar-refractivity contribution in [2.24, 2.45) is 7.05 Å². The van der Waals surface area contributed by atoms with E-state index in [2.05, 4.69) is 15.6 Å². The average molecular weight is 460 g/mol. The Morgan fingerprint density at radius 2 is 1.67 bits per heavy atom. The van der Waals surface area contributed by atoms with Crippen LogP contribution in [0.4, 0.5) is 13.2 Å². The molecule has 3 rings (SSSR count). The Morgan fingerprint density at radius 1 is 1.06 bits per heavy atom. The van der Waals surface area contributed by atoms with Crippen LogP contribution in [0, 0.1) is 0 Å². The number of alkyl halides is 3. The van der Waals surface area contributed by atoms with Crippen molar-refractivity contribution in [1.29, 1.82) is 0 Å². The molecule has 0 spiro atoms. The lowest BCUT2D eigenvalue weighted by Gasteiger charge is -2.30. The number of nitrogens with zero attached hydrogens (tertiary/aromatic N) is 2. The monoisotopic (exact) mass is 460 g/mol. The standard InChI is InChI=1S/C23H23F3N4O3/c1-30-15-14-28-21(30)22(33,23(24,25)26)12-13-27-20(32)18(16-8-4-2-5-9-16)29-19(31)17-10-6-3-7-11-17/h2-11,14-15,18,33H,12-13H2,1H3,(H,27,32)(H,29,31). The minimum absolute atomic E-state index is 0.326. The summed E-state index contributed by atoms with van der Waals surface area (Å²) in [4.78, 5) is 29.1. The van der Waals surface area contributed by atoms with Gasteiger partial charge in [-0.1, -0.05) is 48.5 Å². The molecule has 174 valence electrons. The van der Waals surface area contributed by atoms with Crippen molar-refractivity contribution in [2.45, 2.75) is 24.2 Å². The third kappa shape index (κ3) is 5.40. The van der Waals surface area contributed by atoms with E-state index in [0.717, 1.165) is 10.8 Å². The normalized spacial score (nSPS) is 14.2. The number of aliphatic hydroxyl groups is 1. The van der Waals surface area contributed by atoms with Gasteiger partial charge in [0, 0.05) is 38.0 Å². The maximum atomic E-state index is 13.7. The summed E-state index contributed by atoms with van der Waals surface area (Å²) in [6, 6.07) is 15.4. The highest BCUT2D eigenvalue weighted by atomic mass is 19.4. The average Bonchev–Trinajstić information content (AvgIpc) is 3.23. The molecule has 0 aliphatic rings. The molecule has 0 bridgehead atoms. The van der Waals surface area contributed by atoms with Crippen molar-refractivity contribution in [3.63, 3.8) is 0 Å². The number of halogens is 3. The molecule has 7 nitrogen and oxygen atoms in total. The number of aryl methyl sites for hydroxylation is 1. The van der Waals surface area contributed by atoms with Gasteiger partial charge >= 0.3 is 6.18 Å². The van der Waals surface area contributed by atoms with Gasteiger partial charge in [0.05, 0.1) is 0 Å². The van der Waals surface area contributed by atoms with Gasteiger partial charge in [0.1, 0.15) is 11.9 Å². The lowest BCUT2D eigenvalue weighted by molar-refractivity contribution is -0.272. The molecule has 2 aromatic carbocycles. The first kappa shape index (κ1) is 24.0. The Bertz CT molecular complexity index is 1090. The fourth-order valence-corrected chi connectivity index (χ4v) is 3.36. The molecule has 0 aliphatic heterocycles. The molecule has 33 heavy (non-hydrogen) atoms. The van der Waals surface area contributed by atoms with Crippen LogP contribution in [-0.2, 0) is 17.4 Å². The SMILES string of the molecule is Cn1ccnc1C(O)(CCNC(=O)C(NC(=O)c1ccccc1)c1ccccc1)C(F)(F)F. The van der Waals surface area contributed by atoms with Crippen LogP contribution in [0.5, 0.6) is 0 Å². The lowest BCUT2D eigenvalue weighted by Crippen LogP contribution is -2.48. The number of imidazole rings is 1. The molecule has 0 aliphatic carbocycles. The van der Waals surface area contributed by atoms with E-state index in [1.807, 2.05) is 0 Å². The van der Waals surface area contributed by atoms with Crippen LogP contribution in [0.1, 0.15) is 34.2 Å². The molecule has 2 amide bonds. The van der Waals surface area contributed by atoms with Crippen LogP contribution in [0.15, 0.2) is 73.1 Å². The van der Waals surface area contributed by atoms with Crippen molar-refractivity contribution in [3.8, 4) is 0 Å². The predicted molar refractivity (Wildman–Crippen MR) is 114 cm³/mol. The summed E-state index contributed by atoms with van der Waals surface area (Å²) >= 11 is 0. The highest BCUT2D eigenvalue weighted by Crippen LogP contribution is 2.40. The second-order valence-electron chi connectivity index (χ2n) is 7.44. The van der Waals surface area contributed by atoms with Gasteiger partial charge < -0.3 is 20.3 Å². The van der Waals surface area contributed by atoms with Gasteiger partial charge in [-0.3, -0.25) is 9.59 Å². The van der Waals surface area contributed by atoms with Crippen molar-refractivity contribution in [2.75, 3.05) is 6.54 Å². The number of hydrogen-bond acceptors (Lipinski definition) is 4. The third-order valence-electron chi connectivity index (χ3n) is 5.15. The van der Waals surface area contributed by atoms with Gasteiger partial charge in [0.2, 0.25) is 11.5 Å². The zero-order chi connectivity index (χ0) is 24.1. The largest absolute Gasteiger partial charge is 0.424 e. The van der Waals surface area contributed by atoms with Crippen LogP contribution in [0.2, 0.25) is 0 Å². The van der Waals surface area contributed by atoms with Crippen molar-refractivity contribution >= 4 is 11.8 Å². The summed E-state index contributed by atoms with van der Waals surface area (Å²) in [5, 5.41) is 15.4. The number of rotatable bonds is 8. The number of carbonyl (C=O) groups excluding carboxylic acids is 2. The van der Waals surface area contributed by atoms with Gasteiger partial charge in [-0.25, -0.2) is 4.98 Å². The summed E-state index contributed by atoms with van der Waals surface area (Å²) in [6.45, 7) is -0.508. The highest BCUT2D eigenvalue weighted by Gasteiger charge is 2.57. The van der Waals surface area contributed by atoms with Crippen molar-refractivity contribution in [1.82, 2.24) is 20.2 Å². The Morgan fingerprint density at radius 3 is 2.21 bits per heavy atom. The lowest BCUT2D eigenvalue weighted by atomic mass is 9.97. The minimum atomic E-state index is -5.02. The van der Waals surface area contributed by atoms with Crippen LogP contribution < -0.4 is 10.6 Å². The molecular weight excluding hydrogens is 437 g/mol. The zero-order valence-corrected chi connectivity index (χ0v) is 17.7. The fraction of sp³-hybridized carbons (Fsp3) is 0.261. The molecule has 3 N–H and O–H groups in total. The Labute approximate surface area is 188 Å². The van der Waals surface area contributed by atoms with E-state index in [0.29, 0.717) is 11.1 Å². The Hall–Kier alpha value is -3.66. The van der Waals surface area contributed by atoms with Crippen LogP contribution >= 0.6 is 0 Å². The van der Waals surface area contributed by atoms with E-state index >= 15 is 0 Å². The summed E-state index contributed by atoms with van der Waals surface area (Å²) in [5.41, 5.74) is -2.48. The first-order valence-electron chi connectivity index (χ1n) is 10.1. The van der Waals surface area contributed by atoms with Gasteiger partial charge in [0.25, 0.3) is 5.91 Å². The molecule has 0 radical (unpaired) electrons. The number of nitrogens with one attached hydrogen (secondary N) is 2. The smallest absolute Gasteiger partial charge is 0.374 e. The van der Waals surface area contributed by atoms with Crippen molar-refractivity contribution < 1.29 is 27.9 Å². The molecule has 0 fully saturated rings. The number of hydrogen-bond donors (Lipinski definition) is 3. The Balaban J connectivity index is 1.75. The Kier molecular flexibility index (Phi) is 7.17. The molecule has 3 aromatic rings. The van der Waals surface area contributed by atoms with E-state index < -0.39 is 48.4 Å². The van der Waals surface area contributed by atoms with Crippen LogP contribution in [-0.4, -0.2) is 39.2 Å². The number of amides is 2. The molecule has 1 aromatic heterocycles. The maximum Gasteiger partial charge on any atom is 0.424 e. The molecule has 2 atom stereocenters. The second-order valence-corrected chi connectivity index (χ2v) is 7.44. The number of carbonyl (C=O) groups is 2. The summed E-state index contributed by atoms with van der Waals surface area (Å²) in [6.07, 6.45) is -3.44.